The molecule has 1 saturated heterocycles. The largest absolute Gasteiger partial charge is 0.373 e. The number of carbonyl (C=O) groups excluding carboxylic acids is 2. The highest BCUT2D eigenvalue weighted by molar-refractivity contribution is 7.98. The number of amides is 2. The second-order valence-electron chi connectivity index (χ2n) is 5.30. The molecule has 0 aliphatic carbocycles. The fraction of sp³-hybridized carbons (Fsp3) is 0.846. The van der Waals surface area contributed by atoms with Crippen LogP contribution >= 0.6 is 11.8 Å². The summed E-state index contributed by atoms with van der Waals surface area (Å²) in [6.07, 6.45) is 1.95. The standard InChI is InChI=1S/C13H25N3O3S/c1-10(9-20-3)13(18)16-4-5-19-11(7-16)6-15(2)8-12(14)17/h10-11H,4-9H2,1-3H3,(H2,14,17). The number of rotatable bonds is 7. The van der Waals surface area contributed by atoms with Gasteiger partial charge in [-0.05, 0) is 13.3 Å². The molecule has 1 aliphatic heterocycles. The van der Waals surface area contributed by atoms with Gasteiger partial charge in [0.25, 0.3) is 0 Å². The summed E-state index contributed by atoms with van der Waals surface area (Å²) < 4.78 is 5.66. The van der Waals surface area contributed by atoms with E-state index < -0.39 is 0 Å². The molecule has 2 N–H and O–H groups in total. The third-order valence-corrected chi connectivity index (χ3v) is 4.06. The van der Waals surface area contributed by atoms with E-state index in [4.69, 9.17) is 10.5 Å². The van der Waals surface area contributed by atoms with E-state index in [9.17, 15) is 9.59 Å². The van der Waals surface area contributed by atoms with E-state index in [0.717, 1.165) is 5.75 Å². The van der Waals surface area contributed by atoms with E-state index in [0.29, 0.717) is 26.2 Å². The maximum absolute atomic E-state index is 12.3. The molecule has 2 unspecified atom stereocenters. The van der Waals surface area contributed by atoms with E-state index in [-0.39, 0.29) is 30.4 Å². The number of likely N-dealkylation sites (N-methyl/N-ethyl adjacent to an activating group) is 1. The maximum Gasteiger partial charge on any atom is 0.231 e. The van der Waals surface area contributed by atoms with Gasteiger partial charge in [-0.25, -0.2) is 0 Å². The normalized spacial score (nSPS) is 21.0. The minimum atomic E-state index is -0.357. The summed E-state index contributed by atoms with van der Waals surface area (Å²) in [6, 6.07) is 0. The lowest BCUT2D eigenvalue weighted by molar-refractivity contribution is -0.142. The molecule has 116 valence electrons. The van der Waals surface area contributed by atoms with E-state index in [2.05, 4.69) is 0 Å². The van der Waals surface area contributed by atoms with Gasteiger partial charge in [0, 0.05) is 31.3 Å². The molecule has 20 heavy (non-hydrogen) atoms. The monoisotopic (exact) mass is 303 g/mol. The quantitative estimate of drug-likeness (QED) is 0.694. The smallest absolute Gasteiger partial charge is 0.231 e. The van der Waals surface area contributed by atoms with Crippen molar-refractivity contribution in [2.75, 3.05) is 51.8 Å². The highest BCUT2D eigenvalue weighted by atomic mass is 32.2. The highest BCUT2D eigenvalue weighted by Gasteiger charge is 2.27. The van der Waals surface area contributed by atoms with Crippen LogP contribution in [0.1, 0.15) is 6.92 Å². The van der Waals surface area contributed by atoms with Gasteiger partial charge in [-0.3, -0.25) is 14.5 Å². The Bertz CT molecular complexity index is 341. The third kappa shape index (κ3) is 5.68. The summed E-state index contributed by atoms with van der Waals surface area (Å²) in [5.41, 5.74) is 5.16. The summed E-state index contributed by atoms with van der Waals surface area (Å²) >= 11 is 1.68. The van der Waals surface area contributed by atoms with Crippen LogP contribution in [0.2, 0.25) is 0 Å². The van der Waals surface area contributed by atoms with Gasteiger partial charge in [0.2, 0.25) is 11.8 Å². The van der Waals surface area contributed by atoms with Crippen molar-refractivity contribution in [1.29, 1.82) is 0 Å². The zero-order chi connectivity index (χ0) is 15.1. The molecule has 0 aromatic rings. The van der Waals surface area contributed by atoms with Crippen molar-refractivity contribution >= 4 is 23.6 Å². The Hall–Kier alpha value is -0.790. The topological polar surface area (TPSA) is 75.9 Å². The number of nitrogens with zero attached hydrogens (tertiary/aromatic N) is 2. The Morgan fingerprint density at radius 1 is 1.55 bits per heavy atom. The molecule has 0 aromatic carbocycles. The Kier molecular flexibility index (Phi) is 7.32. The van der Waals surface area contributed by atoms with E-state index >= 15 is 0 Å². The van der Waals surface area contributed by atoms with Crippen LogP contribution in [0.3, 0.4) is 0 Å². The van der Waals surface area contributed by atoms with Crippen LogP contribution in [0, 0.1) is 5.92 Å². The van der Waals surface area contributed by atoms with Crippen molar-refractivity contribution in [3.63, 3.8) is 0 Å². The lowest BCUT2D eigenvalue weighted by atomic mass is 10.1. The van der Waals surface area contributed by atoms with Crippen LogP contribution < -0.4 is 5.73 Å². The first kappa shape index (κ1) is 17.3. The van der Waals surface area contributed by atoms with Gasteiger partial charge in [-0.1, -0.05) is 6.92 Å². The van der Waals surface area contributed by atoms with Gasteiger partial charge >= 0.3 is 0 Å². The fourth-order valence-corrected chi connectivity index (χ4v) is 2.98. The maximum atomic E-state index is 12.3. The number of morpholine rings is 1. The number of carbonyl (C=O) groups is 2. The summed E-state index contributed by atoms with van der Waals surface area (Å²) in [5.74, 6) is 0.699. The van der Waals surface area contributed by atoms with Crippen LogP contribution in [0.4, 0.5) is 0 Å². The predicted molar refractivity (Wildman–Crippen MR) is 80.6 cm³/mol. The Morgan fingerprint density at radius 3 is 2.85 bits per heavy atom. The van der Waals surface area contributed by atoms with Crippen LogP contribution in [-0.2, 0) is 14.3 Å². The number of nitrogens with two attached hydrogens (primary N) is 1. The van der Waals surface area contributed by atoms with Crippen molar-refractivity contribution in [2.45, 2.75) is 13.0 Å². The lowest BCUT2D eigenvalue weighted by Crippen LogP contribution is -2.51. The molecule has 1 fully saturated rings. The predicted octanol–water partition coefficient (Wildman–Crippen LogP) is -0.370. The zero-order valence-electron chi connectivity index (χ0n) is 12.5. The Morgan fingerprint density at radius 2 is 2.25 bits per heavy atom. The zero-order valence-corrected chi connectivity index (χ0v) is 13.3. The molecule has 1 aliphatic rings. The third-order valence-electron chi connectivity index (χ3n) is 3.23. The second kappa shape index (κ2) is 8.49. The highest BCUT2D eigenvalue weighted by Crippen LogP contribution is 2.13. The van der Waals surface area contributed by atoms with Crippen molar-refractivity contribution in [1.82, 2.24) is 9.80 Å². The molecule has 1 rings (SSSR count). The summed E-state index contributed by atoms with van der Waals surface area (Å²) in [6.45, 7) is 4.55. The number of hydrogen-bond donors (Lipinski definition) is 1. The number of ether oxygens (including phenoxy) is 1. The summed E-state index contributed by atoms with van der Waals surface area (Å²) in [7, 11) is 1.82. The van der Waals surface area contributed by atoms with E-state index in [1.807, 2.05) is 30.0 Å². The Balaban J connectivity index is 2.45. The van der Waals surface area contributed by atoms with Crippen LogP contribution in [0.15, 0.2) is 0 Å². The number of hydrogen-bond acceptors (Lipinski definition) is 5. The van der Waals surface area contributed by atoms with Gasteiger partial charge in [-0.15, -0.1) is 0 Å². The molecule has 2 atom stereocenters. The lowest BCUT2D eigenvalue weighted by Gasteiger charge is -2.35. The van der Waals surface area contributed by atoms with Crippen molar-refractivity contribution in [2.24, 2.45) is 11.7 Å². The van der Waals surface area contributed by atoms with Crippen molar-refractivity contribution in [3.8, 4) is 0 Å². The molecule has 2 amide bonds. The molecular weight excluding hydrogens is 278 g/mol. The number of primary amides is 1. The van der Waals surface area contributed by atoms with Gasteiger partial charge in [0.05, 0.1) is 19.3 Å². The van der Waals surface area contributed by atoms with Gasteiger partial charge in [0.15, 0.2) is 0 Å². The van der Waals surface area contributed by atoms with Crippen LogP contribution in [0.5, 0.6) is 0 Å². The van der Waals surface area contributed by atoms with Gasteiger partial charge in [-0.2, -0.15) is 11.8 Å². The molecule has 1 heterocycles. The first-order chi connectivity index (χ1) is 9.43. The molecule has 0 radical (unpaired) electrons. The first-order valence-corrected chi connectivity index (χ1v) is 8.19. The minimum Gasteiger partial charge on any atom is -0.373 e. The SMILES string of the molecule is CSCC(C)C(=O)N1CCOC(CN(C)CC(N)=O)C1. The molecule has 0 bridgehead atoms. The fourth-order valence-electron chi connectivity index (χ4n) is 2.34. The van der Waals surface area contributed by atoms with Gasteiger partial charge in [0.1, 0.15) is 0 Å². The Labute approximate surface area is 125 Å². The molecule has 0 spiro atoms. The van der Waals surface area contributed by atoms with Gasteiger partial charge < -0.3 is 15.4 Å². The molecule has 6 nitrogen and oxygen atoms in total. The summed E-state index contributed by atoms with van der Waals surface area (Å²) in [5, 5.41) is 0. The first-order valence-electron chi connectivity index (χ1n) is 6.80. The van der Waals surface area contributed by atoms with Crippen molar-refractivity contribution < 1.29 is 14.3 Å². The average Bonchev–Trinajstić information content (AvgIpc) is 2.37. The van der Waals surface area contributed by atoms with Crippen LogP contribution in [-0.4, -0.2) is 79.6 Å². The molecular formula is C13H25N3O3S. The number of thioether (sulfide) groups is 1. The molecule has 0 aromatic heterocycles. The minimum absolute atomic E-state index is 0.0344. The van der Waals surface area contributed by atoms with E-state index in [1.54, 1.807) is 11.8 Å². The average molecular weight is 303 g/mol. The second-order valence-corrected chi connectivity index (χ2v) is 6.21. The molecule has 7 heteroatoms. The van der Waals surface area contributed by atoms with Crippen molar-refractivity contribution in [3.05, 3.63) is 0 Å². The summed E-state index contributed by atoms with van der Waals surface area (Å²) in [4.78, 5) is 26.8. The molecule has 0 saturated carbocycles. The van der Waals surface area contributed by atoms with E-state index in [1.165, 1.54) is 0 Å². The van der Waals surface area contributed by atoms with Crippen LogP contribution in [0.25, 0.3) is 0 Å².